The van der Waals surface area contributed by atoms with Crippen molar-refractivity contribution in [3.05, 3.63) is 46.2 Å². The van der Waals surface area contributed by atoms with Crippen molar-refractivity contribution in [3.8, 4) is 0 Å². The number of rotatable bonds is 4. The molecule has 0 aliphatic carbocycles. The Morgan fingerprint density at radius 2 is 1.93 bits per heavy atom. The fourth-order valence-corrected chi connectivity index (χ4v) is 2.86. The van der Waals surface area contributed by atoms with Gasteiger partial charge in [0.1, 0.15) is 11.6 Å². The van der Waals surface area contributed by atoms with Crippen LogP contribution in [0.4, 0.5) is 20.4 Å². The predicted molar refractivity (Wildman–Crippen MR) is 94.1 cm³/mol. The number of benzene rings is 1. The van der Waals surface area contributed by atoms with E-state index in [4.69, 9.17) is 11.6 Å². The molecule has 7 nitrogen and oxygen atoms in total. The predicted octanol–water partition coefficient (Wildman–Crippen LogP) is 3.05. The highest BCUT2D eigenvalue weighted by atomic mass is 35.5. The first-order valence-electron chi connectivity index (χ1n) is 8.07. The second-order valence-corrected chi connectivity index (χ2v) is 6.23. The van der Waals surface area contributed by atoms with Crippen LogP contribution in [0.2, 0.25) is 5.02 Å². The third kappa shape index (κ3) is 3.97. The quantitative estimate of drug-likeness (QED) is 0.800. The van der Waals surface area contributed by atoms with Gasteiger partial charge in [-0.25, -0.2) is 23.5 Å². The van der Waals surface area contributed by atoms with Crippen molar-refractivity contribution in [2.75, 3.05) is 30.4 Å². The van der Waals surface area contributed by atoms with Crippen molar-refractivity contribution in [3.63, 3.8) is 0 Å². The van der Waals surface area contributed by atoms with Gasteiger partial charge in [-0.15, -0.1) is 0 Å². The number of nitrogens with one attached hydrogen (secondary N) is 1. The Morgan fingerprint density at radius 1 is 1.22 bits per heavy atom. The molecule has 1 fully saturated rings. The van der Waals surface area contributed by atoms with Crippen LogP contribution in [-0.4, -0.2) is 42.0 Å². The molecule has 142 valence electrons. The molecule has 0 bridgehead atoms. The van der Waals surface area contributed by atoms with E-state index in [1.807, 2.05) is 4.90 Å². The number of anilines is 2. The molecule has 1 amide bonds. The number of carbonyl (C=O) groups excluding carboxylic acids is 2. The third-order valence-electron chi connectivity index (χ3n) is 4.05. The number of hydrogen-bond donors (Lipinski definition) is 1. The smallest absolute Gasteiger partial charge is 0.340 e. The number of ether oxygens (including phenoxy) is 1. The first-order chi connectivity index (χ1) is 12.9. The van der Waals surface area contributed by atoms with E-state index < -0.39 is 34.8 Å². The number of halogens is 3. The molecular weight excluding hydrogens is 382 g/mol. The molecule has 0 spiro atoms. The van der Waals surface area contributed by atoms with Gasteiger partial charge in [0.05, 0.1) is 29.6 Å². The van der Waals surface area contributed by atoms with E-state index in [-0.39, 0.29) is 10.7 Å². The Balaban J connectivity index is 1.89. The molecule has 3 rings (SSSR count). The van der Waals surface area contributed by atoms with Crippen LogP contribution in [0.3, 0.4) is 0 Å². The van der Waals surface area contributed by atoms with Crippen molar-refractivity contribution in [1.82, 2.24) is 9.97 Å². The molecule has 2 heterocycles. The summed E-state index contributed by atoms with van der Waals surface area (Å²) in [7, 11) is 1.06. The van der Waals surface area contributed by atoms with Gasteiger partial charge >= 0.3 is 5.97 Å². The summed E-state index contributed by atoms with van der Waals surface area (Å²) in [6.07, 6.45) is 3.27. The van der Waals surface area contributed by atoms with Crippen LogP contribution < -0.4 is 10.2 Å². The van der Waals surface area contributed by atoms with E-state index in [2.05, 4.69) is 20.0 Å². The Labute approximate surface area is 158 Å². The van der Waals surface area contributed by atoms with E-state index in [0.29, 0.717) is 12.0 Å². The van der Waals surface area contributed by atoms with Crippen molar-refractivity contribution in [1.29, 1.82) is 0 Å². The molecule has 0 atom stereocenters. The van der Waals surface area contributed by atoms with Crippen LogP contribution in [0.15, 0.2) is 18.3 Å². The number of esters is 1. The van der Waals surface area contributed by atoms with Crippen molar-refractivity contribution < 1.29 is 23.1 Å². The average Bonchev–Trinajstić information content (AvgIpc) is 3.18. The summed E-state index contributed by atoms with van der Waals surface area (Å²) in [5, 5.41) is 2.23. The Bertz CT molecular complexity index is 904. The number of aromatic nitrogens is 2. The first-order valence-corrected chi connectivity index (χ1v) is 8.44. The highest BCUT2D eigenvalue weighted by Gasteiger charge is 2.22. The van der Waals surface area contributed by atoms with Gasteiger partial charge in [0.2, 0.25) is 5.95 Å². The summed E-state index contributed by atoms with van der Waals surface area (Å²) in [4.78, 5) is 34.2. The number of methoxy groups -OCH3 is 1. The number of carbonyl (C=O) groups is 2. The molecule has 1 saturated heterocycles. The molecule has 1 N–H and O–H groups in total. The van der Waals surface area contributed by atoms with Gasteiger partial charge < -0.3 is 15.0 Å². The maximum absolute atomic E-state index is 14.0. The molecule has 1 aliphatic rings. The molecule has 0 saturated carbocycles. The zero-order valence-electron chi connectivity index (χ0n) is 14.3. The Morgan fingerprint density at radius 3 is 2.59 bits per heavy atom. The number of amides is 1. The number of hydrogen-bond acceptors (Lipinski definition) is 6. The highest BCUT2D eigenvalue weighted by molar-refractivity contribution is 6.34. The van der Waals surface area contributed by atoms with Gasteiger partial charge in [-0.2, -0.15) is 0 Å². The highest BCUT2D eigenvalue weighted by Crippen LogP contribution is 2.24. The van der Waals surface area contributed by atoms with Gasteiger partial charge in [0.15, 0.2) is 5.69 Å². The minimum Gasteiger partial charge on any atom is -0.465 e. The molecule has 2 aromatic rings. The van der Waals surface area contributed by atoms with Gasteiger partial charge in [-0.1, -0.05) is 11.6 Å². The topological polar surface area (TPSA) is 84.4 Å². The van der Waals surface area contributed by atoms with Crippen molar-refractivity contribution in [2.24, 2.45) is 0 Å². The fraction of sp³-hybridized carbons (Fsp3) is 0.294. The van der Waals surface area contributed by atoms with Gasteiger partial charge in [-0.3, -0.25) is 4.79 Å². The zero-order chi connectivity index (χ0) is 19.6. The van der Waals surface area contributed by atoms with Crippen LogP contribution in [-0.2, 0) is 4.74 Å². The minimum absolute atomic E-state index is 0.0221. The summed E-state index contributed by atoms with van der Waals surface area (Å²) in [6, 6.07) is 1.34. The molecule has 0 unspecified atom stereocenters. The summed E-state index contributed by atoms with van der Waals surface area (Å²) in [5.74, 6) is -3.63. The lowest BCUT2D eigenvalue weighted by Crippen LogP contribution is -2.23. The molecule has 1 aromatic carbocycles. The summed E-state index contributed by atoms with van der Waals surface area (Å²) in [5.41, 5.74) is -1.07. The molecule has 27 heavy (non-hydrogen) atoms. The summed E-state index contributed by atoms with van der Waals surface area (Å²) < 4.78 is 32.2. The maximum atomic E-state index is 14.0. The molecular formula is C17H15ClF2N4O3. The SMILES string of the molecule is COC(=O)c1cc(NC(=O)c2nc(N3CCCC3)ncc2Cl)c(F)cc1F. The number of nitrogens with zero attached hydrogens (tertiary/aromatic N) is 3. The molecule has 1 aliphatic heterocycles. The Kier molecular flexibility index (Phi) is 5.50. The van der Waals surface area contributed by atoms with Crippen LogP contribution in [0.1, 0.15) is 33.7 Å². The van der Waals surface area contributed by atoms with Gasteiger partial charge in [0, 0.05) is 19.2 Å². The molecule has 10 heteroatoms. The van der Waals surface area contributed by atoms with E-state index in [1.54, 1.807) is 0 Å². The standard InChI is InChI=1S/C17H15ClF2N4O3/c1-27-16(26)9-6-13(12(20)7-11(9)19)22-15(25)14-10(18)8-21-17(23-14)24-4-2-3-5-24/h6-8H,2-5H2,1H3,(H,22,25). The average molecular weight is 397 g/mol. The van der Waals surface area contributed by atoms with E-state index in [1.165, 1.54) is 6.20 Å². The van der Waals surface area contributed by atoms with Gasteiger partial charge in [0.25, 0.3) is 5.91 Å². The van der Waals surface area contributed by atoms with E-state index in [0.717, 1.165) is 39.1 Å². The lowest BCUT2D eigenvalue weighted by Gasteiger charge is -2.16. The lowest BCUT2D eigenvalue weighted by molar-refractivity contribution is 0.0595. The minimum atomic E-state index is -1.10. The van der Waals surface area contributed by atoms with Crippen molar-refractivity contribution >= 4 is 35.1 Å². The monoisotopic (exact) mass is 396 g/mol. The first kappa shape index (κ1) is 19.0. The van der Waals surface area contributed by atoms with E-state index >= 15 is 0 Å². The van der Waals surface area contributed by atoms with Crippen LogP contribution in [0, 0.1) is 11.6 Å². The fourth-order valence-electron chi connectivity index (χ4n) is 2.68. The van der Waals surface area contributed by atoms with Crippen LogP contribution in [0.25, 0.3) is 0 Å². The maximum Gasteiger partial charge on any atom is 0.340 e. The zero-order valence-corrected chi connectivity index (χ0v) is 15.0. The molecule has 0 radical (unpaired) electrons. The third-order valence-corrected chi connectivity index (χ3v) is 4.32. The molecule has 1 aromatic heterocycles. The summed E-state index contributed by atoms with van der Waals surface area (Å²) in [6.45, 7) is 1.52. The second kappa shape index (κ2) is 7.83. The lowest BCUT2D eigenvalue weighted by atomic mass is 10.1. The second-order valence-electron chi connectivity index (χ2n) is 5.82. The summed E-state index contributed by atoms with van der Waals surface area (Å²) >= 11 is 6.00. The Hall–Kier alpha value is -2.81. The normalized spacial score (nSPS) is 13.6. The van der Waals surface area contributed by atoms with Crippen LogP contribution in [0.5, 0.6) is 0 Å². The largest absolute Gasteiger partial charge is 0.465 e. The van der Waals surface area contributed by atoms with Crippen LogP contribution >= 0.6 is 11.6 Å². The van der Waals surface area contributed by atoms with Gasteiger partial charge in [-0.05, 0) is 18.9 Å². The van der Waals surface area contributed by atoms with Crippen molar-refractivity contribution in [2.45, 2.75) is 12.8 Å². The van der Waals surface area contributed by atoms with E-state index in [9.17, 15) is 18.4 Å².